The zero-order chi connectivity index (χ0) is 4.28. The van der Waals surface area contributed by atoms with Gasteiger partial charge >= 0.3 is 39.0 Å². The molecule has 0 aromatic heterocycles. The van der Waals surface area contributed by atoms with Crippen LogP contribution in [0.1, 0.15) is 0 Å². The molecule has 0 aliphatic heterocycles. The first-order valence-electron chi connectivity index (χ1n) is 1.32. The van der Waals surface area contributed by atoms with Crippen molar-refractivity contribution in [3.05, 3.63) is 0 Å². The van der Waals surface area contributed by atoms with E-state index in [1.807, 2.05) is 0 Å². The zero-order valence-corrected chi connectivity index (χ0v) is 3.68. The summed E-state index contributed by atoms with van der Waals surface area (Å²) in [4.78, 5) is -0.275. The van der Waals surface area contributed by atoms with Crippen LogP contribution in [0.4, 0.5) is 0 Å². The first kappa shape index (κ1) is 5.44. The quantitative estimate of drug-likeness (QED) is 0.429. The van der Waals surface area contributed by atoms with Crippen molar-refractivity contribution in [2.75, 3.05) is 6.54 Å². The molecule has 4 N–H and O–H groups in total. The van der Waals surface area contributed by atoms with E-state index in [1.165, 1.54) is 0 Å². The maximum absolute atomic E-state index is 4.97. The maximum atomic E-state index is 4.97. The Morgan fingerprint density at radius 2 is 2.00 bits per heavy atom. The average molecular weight is 123 g/mol. The Labute approximate surface area is 39.7 Å². The van der Waals surface area contributed by atoms with Crippen molar-refractivity contribution in [1.29, 1.82) is 0 Å². The van der Waals surface area contributed by atoms with E-state index in [2.05, 4.69) is 16.0 Å². The van der Waals surface area contributed by atoms with Crippen LogP contribution in [-0.4, -0.2) is 11.5 Å². The monoisotopic (exact) mass is 122 g/mol. The first-order chi connectivity index (χ1) is 2.27. The van der Waals surface area contributed by atoms with Crippen LogP contribution in [0.5, 0.6) is 0 Å². The van der Waals surface area contributed by atoms with Gasteiger partial charge in [-0.1, -0.05) is 0 Å². The Balaban J connectivity index is 2.54. The van der Waals surface area contributed by atoms with Gasteiger partial charge in [0.1, 0.15) is 0 Å². The summed E-state index contributed by atoms with van der Waals surface area (Å²) in [5, 5.41) is 0. The van der Waals surface area contributed by atoms with Crippen molar-refractivity contribution >= 4 is 0 Å². The predicted octanol–water partition coefficient (Wildman–Crippen LogP) is -1.22. The van der Waals surface area contributed by atoms with Gasteiger partial charge in [0.25, 0.3) is 0 Å². The molecule has 2 nitrogen and oxygen atoms in total. The van der Waals surface area contributed by atoms with Gasteiger partial charge in [-0.2, -0.15) is 0 Å². The van der Waals surface area contributed by atoms with Crippen molar-refractivity contribution in [3.63, 3.8) is 0 Å². The summed E-state index contributed by atoms with van der Waals surface area (Å²) in [6.45, 7) is 0.389. The Hall–Kier alpha value is 0.439. The fourth-order valence-electron chi connectivity index (χ4n) is 0. The van der Waals surface area contributed by atoms with E-state index in [0.717, 1.165) is 0 Å². The van der Waals surface area contributed by atoms with Gasteiger partial charge in [0.15, 0.2) is 0 Å². The summed E-state index contributed by atoms with van der Waals surface area (Å²) >= 11 is 4.56. The molecule has 0 aromatic rings. The van der Waals surface area contributed by atoms with E-state index >= 15 is 0 Å². The van der Waals surface area contributed by atoms with Crippen LogP contribution in [0.15, 0.2) is 0 Å². The Kier molecular flexibility index (Phi) is 2.90. The molecule has 3 heteroatoms. The van der Waals surface area contributed by atoms with Crippen LogP contribution in [0, 0.1) is 0 Å². The predicted molar refractivity (Wildman–Crippen MR) is 17.0 cm³/mol. The molecule has 0 rings (SSSR count). The Bertz CT molecular complexity index is 21.6. The molecule has 1 atom stereocenters. The van der Waals surface area contributed by atoms with Crippen molar-refractivity contribution in [2.45, 2.75) is 4.94 Å². The number of rotatable bonds is 1. The van der Waals surface area contributed by atoms with Gasteiger partial charge < -0.3 is 0 Å². The van der Waals surface area contributed by atoms with E-state index < -0.39 is 0 Å². The summed E-state index contributed by atoms with van der Waals surface area (Å²) in [6.07, 6.45) is 0. The van der Waals surface area contributed by atoms with Crippen molar-refractivity contribution < 1.29 is 16.0 Å². The second kappa shape index (κ2) is 2.66. The SMILES string of the molecule is NC[CH](N)[Cu]. The van der Waals surface area contributed by atoms with Crippen LogP contribution in [0.3, 0.4) is 0 Å². The topological polar surface area (TPSA) is 52.0 Å². The van der Waals surface area contributed by atoms with Crippen LogP contribution in [0.25, 0.3) is 0 Å². The van der Waals surface area contributed by atoms with E-state index in [0.29, 0.717) is 6.54 Å². The van der Waals surface area contributed by atoms with Gasteiger partial charge in [-0.05, 0) is 0 Å². The summed E-state index contributed by atoms with van der Waals surface area (Å²) in [6, 6.07) is 0. The third-order valence-electron chi connectivity index (χ3n) is 0.207. The second-order valence-corrected chi connectivity index (χ2v) is 1.39. The molecular formula is C2H7CuN2. The molecule has 0 aliphatic rings. The van der Waals surface area contributed by atoms with Crippen LogP contribution < -0.4 is 11.5 Å². The van der Waals surface area contributed by atoms with E-state index in [4.69, 9.17) is 11.5 Å². The minimum absolute atomic E-state index is 0.275. The third-order valence-corrected chi connectivity index (χ3v) is 0.429. The van der Waals surface area contributed by atoms with Crippen LogP contribution >= 0.6 is 0 Å². The molecule has 1 unspecified atom stereocenters. The van der Waals surface area contributed by atoms with Gasteiger partial charge in [0.2, 0.25) is 0 Å². The Morgan fingerprint density at radius 3 is 2.00 bits per heavy atom. The van der Waals surface area contributed by atoms with E-state index in [1.54, 1.807) is 0 Å². The van der Waals surface area contributed by atoms with Crippen molar-refractivity contribution in [3.8, 4) is 0 Å². The molecule has 0 aromatic carbocycles. The van der Waals surface area contributed by atoms with E-state index in [-0.39, 0.29) is 4.94 Å². The van der Waals surface area contributed by atoms with E-state index in [9.17, 15) is 0 Å². The molecule has 0 radical (unpaired) electrons. The first-order valence-corrected chi connectivity index (χ1v) is 1.87. The molecule has 0 heterocycles. The Morgan fingerprint density at radius 1 is 1.80 bits per heavy atom. The third kappa shape index (κ3) is 4.44. The molecule has 0 aliphatic carbocycles. The number of hydrogen-bond acceptors (Lipinski definition) is 2. The molecule has 0 spiro atoms. The average Bonchev–Trinajstić information content (AvgIpc) is 1.38. The normalized spacial score (nSPS) is 15.2. The van der Waals surface area contributed by atoms with Gasteiger partial charge in [0.05, 0.1) is 0 Å². The fraction of sp³-hybridized carbons (Fsp3) is 1.00. The van der Waals surface area contributed by atoms with Gasteiger partial charge in [0, 0.05) is 0 Å². The van der Waals surface area contributed by atoms with Crippen LogP contribution in [0.2, 0.25) is 0 Å². The van der Waals surface area contributed by atoms with Gasteiger partial charge in [-0.15, -0.1) is 0 Å². The van der Waals surface area contributed by atoms with Gasteiger partial charge in [-0.25, -0.2) is 0 Å². The number of nitrogens with two attached hydrogens (primary N) is 2. The molecule has 0 saturated carbocycles. The summed E-state index contributed by atoms with van der Waals surface area (Å²) in [5.41, 5.74) is 9.91. The van der Waals surface area contributed by atoms with Gasteiger partial charge in [-0.3, -0.25) is 0 Å². The molecule has 0 bridgehead atoms. The zero-order valence-electron chi connectivity index (χ0n) is 2.74. The summed E-state index contributed by atoms with van der Waals surface area (Å²) in [5.74, 6) is 0. The summed E-state index contributed by atoms with van der Waals surface area (Å²) < 4.78 is 0. The molecular weight excluding hydrogens is 116 g/mol. The summed E-state index contributed by atoms with van der Waals surface area (Å²) in [7, 11) is 0. The molecule has 0 amide bonds. The minimum atomic E-state index is -0.275. The fourth-order valence-corrected chi connectivity index (χ4v) is 0. The molecule has 5 heavy (non-hydrogen) atoms. The molecule has 0 saturated heterocycles. The number of hydrogen-bond donors (Lipinski definition) is 2. The van der Waals surface area contributed by atoms with Crippen molar-refractivity contribution in [1.82, 2.24) is 0 Å². The molecule has 0 fully saturated rings. The van der Waals surface area contributed by atoms with Crippen LogP contribution in [-0.2, 0) is 16.0 Å². The molecule has 36 valence electrons. The second-order valence-electron chi connectivity index (χ2n) is 0.695. The van der Waals surface area contributed by atoms with Crippen molar-refractivity contribution in [2.24, 2.45) is 11.5 Å². The standard InChI is InChI=1S/C2H7N2.Cu/c3-1-2-4;/h1H,2-4H2;.